The highest BCUT2D eigenvalue weighted by atomic mass is 16.2. The van der Waals surface area contributed by atoms with E-state index in [1.165, 1.54) is 6.92 Å². The van der Waals surface area contributed by atoms with Gasteiger partial charge >= 0.3 is 0 Å². The van der Waals surface area contributed by atoms with Crippen LogP contribution in [0.2, 0.25) is 0 Å². The smallest absolute Gasteiger partial charge is 0.253 e. The summed E-state index contributed by atoms with van der Waals surface area (Å²) in [5.41, 5.74) is 2.28. The minimum absolute atomic E-state index is 0.0108. The first-order chi connectivity index (χ1) is 12.0. The number of nitrogens with zero attached hydrogens (tertiary/aromatic N) is 3. The van der Waals surface area contributed by atoms with E-state index in [2.05, 4.69) is 9.97 Å². The monoisotopic (exact) mass is 342 g/mol. The van der Waals surface area contributed by atoms with Gasteiger partial charge in [-0.1, -0.05) is 0 Å². The molecular weight excluding hydrogens is 320 g/mol. The van der Waals surface area contributed by atoms with Crippen molar-refractivity contribution in [2.75, 3.05) is 26.2 Å². The van der Waals surface area contributed by atoms with Crippen LogP contribution in [0.4, 0.5) is 0 Å². The molecule has 0 aliphatic carbocycles. The molecule has 1 fully saturated rings. The fraction of sp³-hybridized carbons (Fsp3) is 0.444. The Labute approximate surface area is 146 Å². The summed E-state index contributed by atoms with van der Waals surface area (Å²) < 4.78 is 0. The van der Waals surface area contributed by atoms with Crippen LogP contribution in [0.5, 0.6) is 0 Å². The molecule has 25 heavy (non-hydrogen) atoms. The molecule has 0 radical (unpaired) electrons. The Morgan fingerprint density at radius 2 is 1.84 bits per heavy atom. The zero-order valence-corrected chi connectivity index (χ0v) is 14.3. The number of carbonyl (C=O) groups excluding carboxylic acids is 3. The maximum Gasteiger partial charge on any atom is 0.253 e. The minimum atomic E-state index is -0.0328. The SMILES string of the molecule is CC(=O)CCC(=O)N1CCCN(C(=O)c2ccc3nc[nH]c3c2)CC1. The van der Waals surface area contributed by atoms with Crippen molar-refractivity contribution in [3.63, 3.8) is 0 Å². The van der Waals surface area contributed by atoms with E-state index in [1.54, 1.807) is 22.2 Å². The average Bonchev–Trinajstić information content (AvgIpc) is 2.93. The second-order valence-corrected chi connectivity index (χ2v) is 6.36. The topological polar surface area (TPSA) is 86.4 Å². The van der Waals surface area contributed by atoms with Crippen LogP contribution >= 0.6 is 0 Å². The van der Waals surface area contributed by atoms with E-state index in [4.69, 9.17) is 0 Å². The van der Waals surface area contributed by atoms with Gasteiger partial charge in [0.2, 0.25) is 5.91 Å². The van der Waals surface area contributed by atoms with Gasteiger partial charge in [-0.2, -0.15) is 0 Å². The van der Waals surface area contributed by atoms with Gasteiger partial charge in [0.15, 0.2) is 0 Å². The first-order valence-electron chi connectivity index (χ1n) is 8.54. The summed E-state index contributed by atoms with van der Waals surface area (Å²) in [4.78, 5) is 46.7. The Kier molecular flexibility index (Phi) is 5.11. The number of benzene rings is 1. The van der Waals surface area contributed by atoms with Gasteiger partial charge in [-0.15, -0.1) is 0 Å². The standard InChI is InChI=1S/C18H22N4O3/c1-13(23)3-6-17(24)21-7-2-8-22(10-9-21)18(25)14-4-5-15-16(11-14)20-12-19-15/h4-5,11-12H,2-3,6-10H2,1H3,(H,19,20). The maximum atomic E-state index is 12.8. The fourth-order valence-corrected chi connectivity index (χ4v) is 3.06. The number of aromatic amines is 1. The van der Waals surface area contributed by atoms with Gasteiger partial charge in [0.1, 0.15) is 5.78 Å². The molecule has 0 spiro atoms. The first-order valence-corrected chi connectivity index (χ1v) is 8.54. The number of carbonyl (C=O) groups is 3. The molecule has 3 rings (SSSR count). The third-order valence-electron chi connectivity index (χ3n) is 4.49. The highest BCUT2D eigenvalue weighted by Crippen LogP contribution is 2.15. The Hall–Kier alpha value is -2.70. The molecule has 1 N–H and O–H groups in total. The van der Waals surface area contributed by atoms with Crippen LogP contribution in [0.15, 0.2) is 24.5 Å². The lowest BCUT2D eigenvalue weighted by atomic mass is 10.1. The van der Waals surface area contributed by atoms with E-state index in [-0.39, 0.29) is 30.4 Å². The number of aromatic nitrogens is 2. The molecule has 0 bridgehead atoms. The molecule has 132 valence electrons. The van der Waals surface area contributed by atoms with E-state index >= 15 is 0 Å². The van der Waals surface area contributed by atoms with Crippen molar-refractivity contribution < 1.29 is 14.4 Å². The largest absolute Gasteiger partial charge is 0.345 e. The molecule has 2 amide bonds. The molecule has 2 aromatic rings. The number of imidazole rings is 1. The zero-order chi connectivity index (χ0) is 17.8. The predicted octanol–water partition coefficient (Wildman–Crippen LogP) is 1.61. The minimum Gasteiger partial charge on any atom is -0.345 e. The van der Waals surface area contributed by atoms with Crippen molar-refractivity contribution in [2.45, 2.75) is 26.2 Å². The molecular formula is C18H22N4O3. The second kappa shape index (κ2) is 7.46. The molecule has 7 heteroatoms. The number of Topliss-reactive ketones (excluding diaryl/α,β-unsaturated/α-hetero) is 1. The number of fused-ring (bicyclic) bond motifs is 1. The van der Waals surface area contributed by atoms with Crippen molar-refractivity contribution >= 4 is 28.6 Å². The first kappa shape index (κ1) is 17.1. The number of hydrogen-bond acceptors (Lipinski definition) is 4. The molecule has 0 unspecified atom stereocenters. The zero-order valence-electron chi connectivity index (χ0n) is 14.3. The highest BCUT2D eigenvalue weighted by molar-refractivity contribution is 5.97. The lowest BCUT2D eigenvalue weighted by Crippen LogP contribution is -2.37. The van der Waals surface area contributed by atoms with E-state index < -0.39 is 0 Å². The van der Waals surface area contributed by atoms with Gasteiger partial charge in [-0.3, -0.25) is 9.59 Å². The normalized spacial score (nSPS) is 15.2. The molecule has 0 atom stereocenters. The van der Waals surface area contributed by atoms with Crippen molar-refractivity contribution in [3.05, 3.63) is 30.1 Å². The van der Waals surface area contributed by atoms with Crippen molar-refractivity contribution in [1.29, 1.82) is 0 Å². The van der Waals surface area contributed by atoms with Gasteiger partial charge in [0.05, 0.1) is 17.4 Å². The molecule has 1 aliphatic rings. The number of H-pyrrole nitrogens is 1. The summed E-state index contributed by atoms with van der Waals surface area (Å²) in [6.07, 6.45) is 2.88. The lowest BCUT2D eigenvalue weighted by molar-refractivity contribution is -0.132. The summed E-state index contributed by atoms with van der Waals surface area (Å²) >= 11 is 0. The van der Waals surface area contributed by atoms with Crippen LogP contribution in [0.1, 0.15) is 36.5 Å². The van der Waals surface area contributed by atoms with E-state index in [0.29, 0.717) is 31.7 Å². The van der Waals surface area contributed by atoms with Gasteiger partial charge in [0, 0.05) is 44.6 Å². The third-order valence-corrected chi connectivity index (χ3v) is 4.49. The summed E-state index contributed by atoms with van der Waals surface area (Å²) in [7, 11) is 0. The van der Waals surface area contributed by atoms with Gasteiger partial charge in [-0.05, 0) is 31.5 Å². The van der Waals surface area contributed by atoms with E-state index in [1.807, 2.05) is 12.1 Å². The molecule has 1 aliphatic heterocycles. The van der Waals surface area contributed by atoms with Crippen molar-refractivity contribution in [1.82, 2.24) is 19.8 Å². The van der Waals surface area contributed by atoms with Crippen LogP contribution in [-0.4, -0.2) is 63.5 Å². The Morgan fingerprint density at radius 3 is 2.64 bits per heavy atom. The number of nitrogens with one attached hydrogen (secondary N) is 1. The van der Waals surface area contributed by atoms with Crippen LogP contribution in [0, 0.1) is 0 Å². The summed E-state index contributed by atoms with van der Waals surface area (Å²) in [5.74, 6) is -0.0212. The van der Waals surface area contributed by atoms with Gasteiger partial charge in [0.25, 0.3) is 5.91 Å². The molecule has 1 aromatic heterocycles. The van der Waals surface area contributed by atoms with E-state index in [0.717, 1.165) is 17.5 Å². The van der Waals surface area contributed by atoms with E-state index in [9.17, 15) is 14.4 Å². The average molecular weight is 342 g/mol. The number of amides is 2. The molecule has 1 aromatic carbocycles. The highest BCUT2D eigenvalue weighted by Gasteiger charge is 2.23. The number of ketones is 1. The third kappa shape index (κ3) is 4.04. The van der Waals surface area contributed by atoms with Gasteiger partial charge < -0.3 is 19.6 Å². The van der Waals surface area contributed by atoms with Crippen LogP contribution in [0.3, 0.4) is 0 Å². The molecule has 1 saturated heterocycles. The fourth-order valence-electron chi connectivity index (χ4n) is 3.06. The molecule has 7 nitrogen and oxygen atoms in total. The Bertz CT molecular complexity index is 798. The number of rotatable bonds is 4. The molecule has 2 heterocycles. The predicted molar refractivity (Wildman–Crippen MR) is 93.1 cm³/mol. The van der Waals surface area contributed by atoms with Crippen LogP contribution in [0.25, 0.3) is 11.0 Å². The summed E-state index contributed by atoms with van der Waals surface area (Å²) in [6.45, 7) is 3.75. The van der Waals surface area contributed by atoms with Crippen molar-refractivity contribution in [2.24, 2.45) is 0 Å². The van der Waals surface area contributed by atoms with Crippen LogP contribution in [-0.2, 0) is 9.59 Å². The second-order valence-electron chi connectivity index (χ2n) is 6.36. The quantitative estimate of drug-likeness (QED) is 0.914. The summed E-state index contributed by atoms with van der Waals surface area (Å²) in [5, 5.41) is 0. The Balaban J connectivity index is 1.62. The number of hydrogen-bond donors (Lipinski definition) is 1. The molecule has 0 saturated carbocycles. The van der Waals surface area contributed by atoms with Gasteiger partial charge in [-0.25, -0.2) is 4.98 Å². The van der Waals surface area contributed by atoms with Crippen LogP contribution < -0.4 is 0 Å². The van der Waals surface area contributed by atoms with Crippen molar-refractivity contribution in [3.8, 4) is 0 Å². The maximum absolute atomic E-state index is 12.8. The summed E-state index contributed by atoms with van der Waals surface area (Å²) in [6, 6.07) is 5.42. The Morgan fingerprint density at radius 1 is 1.08 bits per heavy atom. The lowest BCUT2D eigenvalue weighted by Gasteiger charge is -2.22.